The van der Waals surface area contributed by atoms with Crippen LogP contribution >= 0.6 is 0 Å². The number of ether oxygens (including phenoxy) is 1. The summed E-state index contributed by atoms with van der Waals surface area (Å²) in [7, 11) is 0. The molecule has 0 aromatic heterocycles. The minimum absolute atomic E-state index is 0.0195. The molecule has 1 unspecified atom stereocenters. The number of aliphatic hydroxyl groups excluding tert-OH is 1. The number of hydrogen-bond donors (Lipinski definition) is 1. The number of hydrogen-bond acceptors (Lipinski definition) is 4. The van der Waals surface area contributed by atoms with E-state index in [-0.39, 0.29) is 6.61 Å². The fraction of sp³-hybridized carbons (Fsp3) is 0.429. The number of nitrogens with zero attached hydrogens (tertiary/aromatic N) is 1. The molecule has 60 valence electrons. The Balaban J connectivity index is 2.22. The maximum absolute atomic E-state index is 10.8. The van der Waals surface area contributed by atoms with Crippen LogP contribution in [0.3, 0.4) is 0 Å². The molecule has 11 heavy (non-hydrogen) atoms. The average Bonchev–Trinajstić information content (AvgIpc) is 1.79. The Morgan fingerprint density at radius 3 is 2.91 bits per heavy atom. The largest absolute Gasteiger partial charge is 0.458 e. The smallest absolute Gasteiger partial charge is 0.357 e. The highest BCUT2D eigenvalue weighted by Gasteiger charge is 2.13. The van der Waals surface area contributed by atoms with Crippen molar-refractivity contribution in [3.63, 3.8) is 0 Å². The molecule has 0 amide bonds. The summed E-state index contributed by atoms with van der Waals surface area (Å²) in [6.45, 7) is 1.57. The Morgan fingerprint density at radius 1 is 1.91 bits per heavy atom. The molecule has 1 aliphatic rings. The van der Waals surface area contributed by atoms with Crippen LogP contribution in [0.1, 0.15) is 6.92 Å². The van der Waals surface area contributed by atoms with E-state index in [4.69, 9.17) is 5.11 Å². The standard InChI is InChI=1S/C7H9NO3/c1-5(9)4-11-7(10)6-2-3-8-6/h2-3,5,9H,4H2,1H3. The van der Waals surface area contributed by atoms with E-state index in [0.29, 0.717) is 5.71 Å². The van der Waals surface area contributed by atoms with Crippen LogP contribution in [0, 0.1) is 0 Å². The van der Waals surface area contributed by atoms with Crippen molar-refractivity contribution in [1.29, 1.82) is 0 Å². The molecule has 0 aliphatic carbocycles. The number of aliphatic imine (C=N–C) groups is 1. The second-order valence-corrected chi connectivity index (χ2v) is 2.28. The summed E-state index contributed by atoms with van der Waals surface area (Å²) in [4.78, 5) is 14.4. The van der Waals surface area contributed by atoms with Crippen LogP contribution in [0.2, 0.25) is 0 Å². The average molecular weight is 155 g/mol. The Morgan fingerprint density at radius 2 is 2.55 bits per heavy atom. The Bertz CT molecular complexity index is 218. The molecule has 0 aromatic carbocycles. The van der Waals surface area contributed by atoms with Gasteiger partial charge >= 0.3 is 5.97 Å². The van der Waals surface area contributed by atoms with Crippen molar-refractivity contribution >= 4 is 11.7 Å². The zero-order valence-electron chi connectivity index (χ0n) is 6.15. The molecule has 0 radical (unpaired) electrons. The quantitative estimate of drug-likeness (QED) is 0.578. The molecular weight excluding hydrogens is 146 g/mol. The lowest BCUT2D eigenvalue weighted by molar-refractivity contribution is -0.138. The summed E-state index contributed by atoms with van der Waals surface area (Å²) < 4.78 is 4.64. The van der Waals surface area contributed by atoms with Gasteiger partial charge < -0.3 is 9.84 Å². The summed E-state index contributed by atoms with van der Waals surface area (Å²) in [6.07, 6.45) is 2.45. The van der Waals surface area contributed by atoms with Gasteiger partial charge in [-0.25, -0.2) is 9.79 Å². The topological polar surface area (TPSA) is 58.9 Å². The van der Waals surface area contributed by atoms with E-state index in [9.17, 15) is 4.79 Å². The molecule has 4 nitrogen and oxygen atoms in total. The van der Waals surface area contributed by atoms with Crippen LogP contribution < -0.4 is 0 Å². The highest BCUT2D eigenvalue weighted by Crippen LogP contribution is 1.98. The lowest BCUT2D eigenvalue weighted by Crippen LogP contribution is -2.22. The van der Waals surface area contributed by atoms with Gasteiger partial charge in [-0.2, -0.15) is 0 Å². The van der Waals surface area contributed by atoms with E-state index in [0.717, 1.165) is 0 Å². The summed E-state index contributed by atoms with van der Waals surface area (Å²) in [5, 5.41) is 8.74. The minimum Gasteiger partial charge on any atom is -0.458 e. The van der Waals surface area contributed by atoms with Gasteiger partial charge in [0.1, 0.15) is 12.3 Å². The molecule has 0 fully saturated rings. The van der Waals surface area contributed by atoms with Crippen LogP contribution in [-0.4, -0.2) is 29.5 Å². The molecule has 1 N–H and O–H groups in total. The number of aliphatic hydroxyl groups is 1. The predicted molar refractivity (Wildman–Crippen MR) is 39.2 cm³/mol. The SMILES string of the molecule is CC(O)COC(=O)C1=NC=C1. The fourth-order valence-electron chi connectivity index (χ4n) is 0.540. The van der Waals surface area contributed by atoms with Crippen LogP contribution in [-0.2, 0) is 9.53 Å². The highest BCUT2D eigenvalue weighted by atomic mass is 16.5. The third kappa shape index (κ3) is 2.16. The summed E-state index contributed by atoms with van der Waals surface area (Å²) in [5.74, 6) is -0.478. The Labute approximate surface area is 64.2 Å². The van der Waals surface area contributed by atoms with Crippen molar-refractivity contribution in [2.24, 2.45) is 4.99 Å². The number of rotatable bonds is 3. The normalized spacial score (nSPS) is 16.7. The van der Waals surface area contributed by atoms with E-state index >= 15 is 0 Å². The van der Waals surface area contributed by atoms with Gasteiger partial charge in [-0.3, -0.25) is 0 Å². The molecular formula is C7H9NO3. The lowest BCUT2D eigenvalue weighted by Gasteiger charge is -2.07. The second kappa shape index (κ2) is 3.30. The zero-order valence-corrected chi connectivity index (χ0v) is 6.15. The number of carbonyl (C=O) groups is 1. The predicted octanol–water partition coefficient (Wildman–Crippen LogP) is -0.121. The first-order valence-electron chi connectivity index (χ1n) is 3.29. The van der Waals surface area contributed by atoms with Crippen LogP contribution in [0.4, 0.5) is 0 Å². The van der Waals surface area contributed by atoms with Gasteiger partial charge in [-0.05, 0) is 13.0 Å². The zero-order chi connectivity index (χ0) is 8.27. The van der Waals surface area contributed by atoms with Gasteiger partial charge in [0.15, 0.2) is 0 Å². The second-order valence-electron chi connectivity index (χ2n) is 2.28. The van der Waals surface area contributed by atoms with Crippen molar-refractivity contribution in [1.82, 2.24) is 0 Å². The lowest BCUT2D eigenvalue weighted by atomic mass is 10.3. The van der Waals surface area contributed by atoms with E-state index < -0.39 is 12.1 Å². The van der Waals surface area contributed by atoms with Gasteiger partial charge in [0, 0.05) is 6.20 Å². The van der Waals surface area contributed by atoms with E-state index in [1.165, 1.54) is 6.20 Å². The first-order chi connectivity index (χ1) is 5.20. The minimum atomic E-state index is -0.622. The summed E-state index contributed by atoms with van der Waals surface area (Å²) in [6, 6.07) is 0. The molecule has 0 spiro atoms. The van der Waals surface area contributed by atoms with Gasteiger partial charge in [0.05, 0.1) is 6.10 Å². The molecule has 1 heterocycles. The first-order valence-corrected chi connectivity index (χ1v) is 3.29. The molecule has 0 saturated heterocycles. The molecule has 0 aromatic rings. The molecule has 1 atom stereocenters. The van der Waals surface area contributed by atoms with E-state index in [1.807, 2.05) is 0 Å². The van der Waals surface area contributed by atoms with E-state index in [1.54, 1.807) is 13.0 Å². The van der Waals surface area contributed by atoms with Crippen molar-refractivity contribution in [2.45, 2.75) is 13.0 Å². The van der Waals surface area contributed by atoms with Gasteiger partial charge in [-0.1, -0.05) is 0 Å². The third-order valence-electron chi connectivity index (χ3n) is 1.11. The molecule has 0 saturated carbocycles. The Kier molecular flexibility index (Phi) is 2.38. The van der Waals surface area contributed by atoms with Crippen molar-refractivity contribution in [3.05, 3.63) is 12.3 Å². The fourth-order valence-corrected chi connectivity index (χ4v) is 0.540. The first kappa shape index (κ1) is 7.94. The van der Waals surface area contributed by atoms with Crippen molar-refractivity contribution in [3.8, 4) is 0 Å². The molecule has 1 rings (SSSR count). The molecule has 4 heteroatoms. The van der Waals surface area contributed by atoms with Crippen molar-refractivity contribution in [2.75, 3.05) is 6.61 Å². The molecule has 0 bridgehead atoms. The third-order valence-corrected chi connectivity index (χ3v) is 1.11. The van der Waals surface area contributed by atoms with Crippen LogP contribution in [0.5, 0.6) is 0 Å². The summed E-state index contributed by atoms with van der Waals surface area (Å²) >= 11 is 0. The number of esters is 1. The van der Waals surface area contributed by atoms with Gasteiger partial charge in [0.2, 0.25) is 0 Å². The highest BCUT2D eigenvalue weighted by molar-refractivity contribution is 6.43. The molecule has 1 aliphatic heterocycles. The van der Waals surface area contributed by atoms with E-state index in [2.05, 4.69) is 9.73 Å². The van der Waals surface area contributed by atoms with Gasteiger partial charge in [-0.15, -0.1) is 0 Å². The maximum atomic E-state index is 10.8. The Hall–Kier alpha value is -1.16. The van der Waals surface area contributed by atoms with Crippen LogP contribution in [0.15, 0.2) is 17.3 Å². The maximum Gasteiger partial charge on any atom is 0.357 e. The monoisotopic (exact) mass is 155 g/mol. The summed E-state index contributed by atoms with van der Waals surface area (Å²) in [5.41, 5.74) is 0.311. The number of carbonyl (C=O) groups excluding carboxylic acids is 1. The van der Waals surface area contributed by atoms with Gasteiger partial charge in [0.25, 0.3) is 0 Å². The van der Waals surface area contributed by atoms with Crippen molar-refractivity contribution < 1.29 is 14.6 Å². The van der Waals surface area contributed by atoms with Crippen LogP contribution in [0.25, 0.3) is 0 Å².